The van der Waals surface area contributed by atoms with E-state index in [-0.39, 0.29) is 0 Å². The van der Waals surface area contributed by atoms with E-state index in [2.05, 4.69) is 0 Å². The summed E-state index contributed by atoms with van der Waals surface area (Å²) in [6.45, 7) is 0.903. The summed E-state index contributed by atoms with van der Waals surface area (Å²) in [6, 6.07) is 0. The molecule has 1 aliphatic carbocycles. The van der Waals surface area contributed by atoms with Gasteiger partial charge in [0.15, 0.2) is 0 Å². The Labute approximate surface area is 38.3 Å². The fourth-order valence-corrected chi connectivity index (χ4v) is 0.437. The largest absolute Gasteiger partial charge is 0.384 e. The number of methoxy groups -OCH3 is 1. The van der Waals surface area contributed by atoms with Crippen molar-refractivity contribution in [3.63, 3.8) is 0 Å². The maximum absolute atomic E-state index is 4.83. The highest BCUT2D eigenvalue weighted by Crippen LogP contribution is 2.31. The van der Waals surface area contributed by atoms with Gasteiger partial charge in [0.1, 0.15) is 0 Å². The quantitative estimate of drug-likeness (QED) is 0.486. The van der Waals surface area contributed by atoms with Gasteiger partial charge in [0, 0.05) is 13.0 Å². The predicted octanol–water partition coefficient (Wildman–Crippen LogP) is 1.00. The monoisotopic (exact) mass is 85.1 g/mol. The lowest BCUT2D eigenvalue weighted by molar-refractivity contribution is 0.219. The zero-order chi connectivity index (χ0) is 4.41. The average molecular weight is 85.1 g/mol. The molecule has 0 atom stereocenters. The summed E-state index contributed by atoms with van der Waals surface area (Å²) in [4.78, 5) is 0. The van der Waals surface area contributed by atoms with Crippen molar-refractivity contribution in [2.45, 2.75) is 12.8 Å². The lowest BCUT2D eigenvalue weighted by Crippen LogP contribution is -1.85. The molecular formula is C5H9O. The summed E-state index contributed by atoms with van der Waals surface area (Å²) >= 11 is 0. The van der Waals surface area contributed by atoms with Crippen LogP contribution in [-0.4, -0.2) is 13.7 Å². The Kier molecular flexibility index (Phi) is 1.10. The molecule has 0 aromatic carbocycles. The van der Waals surface area contributed by atoms with Crippen molar-refractivity contribution in [2.24, 2.45) is 0 Å². The third kappa shape index (κ3) is 0.977. The minimum atomic E-state index is 0.903. The van der Waals surface area contributed by atoms with E-state index in [0.717, 1.165) is 6.61 Å². The molecule has 0 spiro atoms. The minimum absolute atomic E-state index is 0.903. The Morgan fingerprint density at radius 1 is 1.67 bits per heavy atom. The van der Waals surface area contributed by atoms with Crippen LogP contribution in [0.2, 0.25) is 0 Å². The van der Waals surface area contributed by atoms with E-state index >= 15 is 0 Å². The van der Waals surface area contributed by atoms with Gasteiger partial charge in [-0.15, -0.1) is 0 Å². The summed E-state index contributed by atoms with van der Waals surface area (Å²) < 4.78 is 4.83. The van der Waals surface area contributed by atoms with Crippen molar-refractivity contribution >= 4 is 0 Å². The van der Waals surface area contributed by atoms with Crippen LogP contribution >= 0.6 is 0 Å². The molecule has 1 radical (unpaired) electrons. The second kappa shape index (κ2) is 1.61. The molecule has 6 heavy (non-hydrogen) atoms. The van der Waals surface area contributed by atoms with E-state index in [4.69, 9.17) is 4.74 Å². The van der Waals surface area contributed by atoms with Crippen LogP contribution in [0, 0.1) is 5.92 Å². The second-order valence-electron chi connectivity index (χ2n) is 1.68. The Morgan fingerprint density at radius 2 is 2.33 bits per heavy atom. The van der Waals surface area contributed by atoms with Gasteiger partial charge in [-0.05, 0) is 12.8 Å². The van der Waals surface area contributed by atoms with Crippen molar-refractivity contribution in [2.75, 3.05) is 13.7 Å². The standard InChI is InChI=1S/C5H9O/c1-6-4-5-2-3-5/h2-4H2,1H3. The van der Waals surface area contributed by atoms with Crippen LogP contribution in [0.3, 0.4) is 0 Å². The summed E-state index contributed by atoms with van der Waals surface area (Å²) in [7, 11) is 1.74. The molecule has 0 heterocycles. The first-order valence-electron chi connectivity index (χ1n) is 2.26. The lowest BCUT2D eigenvalue weighted by Gasteiger charge is -1.86. The molecule has 1 rings (SSSR count). The van der Waals surface area contributed by atoms with Gasteiger partial charge >= 0.3 is 0 Å². The van der Waals surface area contributed by atoms with E-state index in [1.54, 1.807) is 13.0 Å². The molecule has 1 aliphatic rings. The smallest absolute Gasteiger partial charge is 0.0524 e. The van der Waals surface area contributed by atoms with Crippen molar-refractivity contribution in [1.29, 1.82) is 0 Å². The van der Waals surface area contributed by atoms with Gasteiger partial charge in [0.2, 0.25) is 0 Å². The molecule has 1 saturated carbocycles. The third-order valence-corrected chi connectivity index (χ3v) is 0.952. The van der Waals surface area contributed by atoms with Crippen molar-refractivity contribution in [3.05, 3.63) is 5.92 Å². The highest BCUT2D eigenvalue weighted by Gasteiger charge is 2.20. The summed E-state index contributed by atoms with van der Waals surface area (Å²) in [5.41, 5.74) is 0. The van der Waals surface area contributed by atoms with Crippen LogP contribution in [0.25, 0.3) is 0 Å². The number of hydrogen-bond acceptors (Lipinski definition) is 1. The first-order chi connectivity index (χ1) is 2.93. The molecule has 0 amide bonds. The fourth-order valence-electron chi connectivity index (χ4n) is 0.437. The SMILES string of the molecule is COC[C]1CC1. The maximum atomic E-state index is 4.83. The van der Waals surface area contributed by atoms with Gasteiger partial charge in [-0.3, -0.25) is 0 Å². The molecule has 0 saturated heterocycles. The van der Waals surface area contributed by atoms with E-state index in [1.807, 2.05) is 0 Å². The molecule has 0 bridgehead atoms. The van der Waals surface area contributed by atoms with Crippen LogP contribution in [0.15, 0.2) is 0 Å². The first-order valence-corrected chi connectivity index (χ1v) is 2.26. The summed E-state index contributed by atoms with van der Waals surface area (Å²) in [6.07, 6.45) is 2.63. The van der Waals surface area contributed by atoms with Crippen LogP contribution in [0.4, 0.5) is 0 Å². The number of ether oxygens (including phenoxy) is 1. The molecule has 0 aromatic rings. The van der Waals surface area contributed by atoms with Gasteiger partial charge in [-0.1, -0.05) is 0 Å². The van der Waals surface area contributed by atoms with Crippen LogP contribution < -0.4 is 0 Å². The molecule has 0 unspecified atom stereocenters. The predicted molar refractivity (Wildman–Crippen MR) is 24.4 cm³/mol. The highest BCUT2D eigenvalue weighted by atomic mass is 16.5. The van der Waals surface area contributed by atoms with Gasteiger partial charge in [-0.2, -0.15) is 0 Å². The molecule has 1 nitrogen and oxygen atoms in total. The van der Waals surface area contributed by atoms with Crippen LogP contribution in [0.1, 0.15) is 12.8 Å². The normalized spacial score (nSPS) is 21.5. The summed E-state index contributed by atoms with van der Waals surface area (Å²) in [5, 5.41) is 0. The fraction of sp³-hybridized carbons (Fsp3) is 0.800. The number of hydrogen-bond donors (Lipinski definition) is 0. The van der Waals surface area contributed by atoms with E-state index < -0.39 is 0 Å². The number of rotatable bonds is 2. The van der Waals surface area contributed by atoms with Gasteiger partial charge < -0.3 is 4.74 Å². The first kappa shape index (κ1) is 4.13. The molecule has 0 aliphatic heterocycles. The molecule has 1 heteroatoms. The minimum Gasteiger partial charge on any atom is -0.384 e. The molecular weight excluding hydrogens is 76.1 g/mol. The maximum Gasteiger partial charge on any atom is 0.0524 e. The lowest BCUT2D eigenvalue weighted by atomic mass is 10.5. The Hall–Kier alpha value is -0.0400. The zero-order valence-corrected chi connectivity index (χ0v) is 4.03. The Bertz CT molecular complexity index is 39.2. The van der Waals surface area contributed by atoms with E-state index in [1.165, 1.54) is 12.8 Å². The summed E-state index contributed by atoms with van der Waals surface area (Å²) in [5.74, 6) is 1.57. The molecule has 0 aromatic heterocycles. The molecule has 1 fully saturated rings. The van der Waals surface area contributed by atoms with Crippen LogP contribution in [-0.2, 0) is 4.74 Å². The van der Waals surface area contributed by atoms with Gasteiger partial charge in [0.05, 0.1) is 6.61 Å². The highest BCUT2D eigenvalue weighted by molar-refractivity contribution is 5.04. The Balaban J connectivity index is 1.88. The van der Waals surface area contributed by atoms with Crippen molar-refractivity contribution < 1.29 is 4.74 Å². The molecule has 35 valence electrons. The molecule has 0 N–H and O–H groups in total. The van der Waals surface area contributed by atoms with E-state index in [0.29, 0.717) is 0 Å². The third-order valence-electron chi connectivity index (χ3n) is 0.952. The van der Waals surface area contributed by atoms with E-state index in [9.17, 15) is 0 Å². The Morgan fingerprint density at radius 3 is 2.50 bits per heavy atom. The average Bonchev–Trinajstić information content (AvgIpc) is 2.21. The van der Waals surface area contributed by atoms with Crippen molar-refractivity contribution in [3.8, 4) is 0 Å². The van der Waals surface area contributed by atoms with Gasteiger partial charge in [0.25, 0.3) is 0 Å². The van der Waals surface area contributed by atoms with Gasteiger partial charge in [-0.25, -0.2) is 0 Å². The second-order valence-corrected chi connectivity index (χ2v) is 1.68. The topological polar surface area (TPSA) is 9.23 Å². The van der Waals surface area contributed by atoms with Crippen molar-refractivity contribution in [1.82, 2.24) is 0 Å². The van der Waals surface area contributed by atoms with Crippen LogP contribution in [0.5, 0.6) is 0 Å². The zero-order valence-electron chi connectivity index (χ0n) is 4.03.